The molecule has 10 nitrogen and oxygen atoms in total. The molecule has 2 rings (SSSR count). The van der Waals surface area contributed by atoms with E-state index < -0.39 is 48.1 Å². The molecule has 1 fully saturated rings. The summed E-state index contributed by atoms with van der Waals surface area (Å²) in [5.74, 6) is -3.44. The summed E-state index contributed by atoms with van der Waals surface area (Å²) in [5, 5.41) is 21.5. The molecule has 1 aliphatic rings. The molecule has 0 radical (unpaired) electrons. The smallest absolute Gasteiger partial charge is 0.326 e. The van der Waals surface area contributed by atoms with Gasteiger partial charge in [-0.15, -0.1) is 0 Å². The van der Waals surface area contributed by atoms with Gasteiger partial charge in [0.1, 0.15) is 11.8 Å². The number of nitrogens with one attached hydrogen (secondary N) is 2. The molecule has 28 heavy (non-hydrogen) atoms. The van der Waals surface area contributed by atoms with Crippen molar-refractivity contribution in [3.8, 4) is 5.75 Å². The van der Waals surface area contributed by atoms with Crippen molar-refractivity contribution in [3.63, 3.8) is 0 Å². The summed E-state index contributed by atoms with van der Waals surface area (Å²) in [6.07, 6.45) is 0.838. The van der Waals surface area contributed by atoms with E-state index in [4.69, 9.17) is 14.9 Å². The van der Waals surface area contributed by atoms with Crippen LogP contribution in [0.5, 0.6) is 5.75 Å². The minimum absolute atomic E-state index is 0.225. The molecule has 1 aromatic rings. The monoisotopic (exact) mass is 408 g/mol. The normalized spacial score (nSPS) is 15.8. The number of rotatable bonds is 9. The predicted molar refractivity (Wildman–Crippen MR) is 97.5 cm³/mol. The number of hydrogen-bond donors (Lipinski definition) is 4. The summed E-state index contributed by atoms with van der Waals surface area (Å²) >= 11 is 0.768. The number of carbonyl (C=O) groups is 5. The Labute approximate surface area is 162 Å². The molecule has 11 heteroatoms. The number of aliphatic carboxylic acids is 2. The molecule has 3 amide bonds. The zero-order chi connectivity index (χ0) is 20.7. The molecule has 1 heterocycles. The maximum absolute atomic E-state index is 11.9. The Morgan fingerprint density at radius 1 is 1.25 bits per heavy atom. The van der Waals surface area contributed by atoms with E-state index in [-0.39, 0.29) is 17.1 Å². The molecule has 1 saturated heterocycles. The Morgan fingerprint density at radius 2 is 2.00 bits per heavy atom. The Balaban J connectivity index is 1.93. The van der Waals surface area contributed by atoms with Crippen molar-refractivity contribution in [2.75, 3.05) is 6.61 Å². The van der Waals surface area contributed by atoms with Crippen LogP contribution in [0.1, 0.15) is 18.4 Å². The number of imide groups is 1. The molecular weight excluding hydrogens is 392 g/mol. The van der Waals surface area contributed by atoms with Gasteiger partial charge in [0.05, 0.1) is 4.91 Å². The average molecular weight is 408 g/mol. The first-order valence-corrected chi connectivity index (χ1v) is 8.78. The fourth-order valence-corrected chi connectivity index (χ4v) is 2.86. The van der Waals surface area contributed by atoms with Crippen LogP contribution in [-0.4, -0.2) is 51.9 Å². The summed E-state index contributed by atoms with van der Waals surface area (Å²) in [4.78, 5) is 56.4. The van der Waals surface area contributed by atoms with Crippen LogP contribution in [0, 0.1) is 0 Å². The summed E-state index contributed by atoms with van der Waals surface area (Å²) in [5.41, 5.74) is 0.565. The lowest BCUT2D eigenvalue weighted by Crippen LogP contribution is -2.43. The molecule has 0 unspecified atom stereocenters. The van der Waals surface area contributed by atoms with Crippen molar-refractivity contribution in [1.29, 1.82) is 0 Å². The summed E-state index contributed by atoms with van der Waals surface area (Å²) in [6.45, 7) is -0.482. The van der Waals surface area contributed by atoms with Gasteiger partial charge in [-0.3, -0.25) is 24.5 Å². The lowest BCUT2D eigenvalue weighted by molar-refractivity contribution is -0.143. The third kappa shape index (κ3) is 6.43. The predicted octanol–water partition coefficient (Wildman–Crippen LogP) is 0.823. The third-order valence-electron chi connectivity index (χ3n) is 3.45. The van der Waals surface area contributed by atoms with E-state index in [1.165, 1.54) is 12.1 Å². The molecule has 0 aromatic heterocycles. The SMILES string of the molecule is O=C(O)CC[C@@H](NC(=O)COc1cccc(/C=C2\SC(=O)NC2=O)c1)C(=O)O. The van der Waals surface area contributed by atoms with Crippen LogP contribution in [0.2, 0.25) is 0 Å². The minimum atomic E-state index is -1.34. The van der Waals surface area contributed by atoms with Crippen molar-refractivity contribution >= 4 is 46.8 Å². The highest BCUT2D eigenvalue weighted by molar-refractivity contribution is 8.18. The maximum Gasteiger partial charge on any atom is 0.326 e. The highest BCUT2D eigenvalue weighted by atomic mass is 32.2. The molecule has 0 saturated carbocycles. The van der Waals surface area contributed by atoms with Crippen LogP contribution in [-0.2, 0) is 19.2 Å². The molecule has 1 atom stereocenters. The standard InChI is InChI=1S/C17H16N2O8S/c20-13(18-11(16(24)25)4-5-14(21)22)8-27-10-3-1-2-9(6-10)7-12-15(23)19-17(26)28-12/h1-3,6-7,11H,4-5,8H2,(H,18,20)(H,21,22)(H,24,25)(H,19,23,26)/b12-7-/t11-/m1/s1. The fraction of sp³-hybridized carbons (Fsp3) is 0.235. The number of thioether (sulfide) groups is 1. The van der Waals surface area contributed by atoms with Crippen LogP contribution in [0.25, 0.3) is 6.08 Å². The van der Waals surface area contributed by atoms with Crippen molar-refractivity contribution in [2.45, 2.75) is 18.9 Å². The zero-order valence-corrected chi connectivity index (χ0v) is 15.2. The first-order chi connectivity index (χ1) is 13.2. The maximum atomic E-state index is 11.9. The first kappa shape index (κ1) is 21.0. The van der Waals surface area contributed by atoms with Crippen molar-refractivity contribution < 1.29 is 38.9 Å². The molecule has 1 aliphatic heterocycles. The number of benzene rings is 1. The second kappa shape index (κ2) is 9.55. The molecule has 0 spiro atoms. The van der Waals surface area contributed by atoms with Crippen LogP contribution in [0.15, 0.2) is 29.2 Å². The van der Waals surface area contributed by atoms with Gasteiger partial charge in [-0.25, -0.2) is 4.79 Å². The summed E-state index contributed by atoms with van der Waals surface area (Å²) < 4.78 is 5.30. The van der Waals surface area contributed by atoms with Crippen LogP contribution in [0.4, 0.5) is 4.79 Å². The lowest BCUT2D eigenvalue weighted by atomic mass is 10.1. The molecule has 4 N–H and O–H groups in total. The van der Waals surface area contributed by atoms with Gasteiger partial charge in [0.2, 0.25) is 0 Å². The van der Waals surface area contributed by atoms with E-state index in [1.807, 2.05) is 0 Å². The van der Waals surface area contributed by atoms with E-state index in [1.54, 1.807) is 18.2 Å². The zero-order valence-electron chi connectivity index (χ0n) is 14.3. The summed E-state index contributed by atoms with van der Waals surface area (Å²) in [7, 11) is 0. The molecular formula is C17H16N2O8S. The topological polar surface area (TPSA) is 159 Å². The Bertz CT molecular complexity index is 851. The molecule has 0 bridgehead atoms. The third-order valence-corrected chi connectivity index (χ3v) is 4.26. The number of carbonyl (C=O) groups excluding carboxylic acids is 3. The Kier molecular flexibility index (Phi) is 7.15. The van der Waals surface area contributed by atoms with Crippen LogP contribution < -0.4 is 15.4 Å². The number of ether oxygens (including phenoxy) is 1. The number of amides is 3. The van der Waals surface area contributed by atoms with Crippen LogP contribution in [0.3, 0.4) is 0 Å². The summed E-state index contributed by atoms with van der Waals surface area (Å²) in [6, 6.07) is 5.05. The molecule has 1 aromatic carbocycles. The van der Waals surface area contributed by atoms with Gasteiger partial charge in [0.25, 0.3) is 17.1 Å². The van der Waals surface area contributed by atoms with E-state index in [2.05, 4.69) is 10.6 Å². The van der Waals surface area contributed by atoms with E-state index in [0.29, 0.717) is 5.56 Å². The second-order valence-corrected chi connectivity index (χ2v) is 6.62. The van der Waals surface area contributed by atoms with Crippen molar-refractivity contribution in [1.82, 2.24) is 10.6 Å². The van der Waals surface area contributed by atoms with Crippen LogP contribution >= 0.6 is 11.8 Å². The number of carboxylic acid groups (broad SMARTS) is 2. The lowest BCUT2D eigenvalue weighted by Gasteiger charge is -2.14. The van der Waals surface area contributed by atoms with Gasteiger partial charge in [-0.2, -0.15) is 0 Å². The van der Waals surface area contributed by atoms with E-state index >= 15 is 0 Å². The van der Waals surface area contributed by atoms with Gasteiger partial charge in [0.15, 0.2) is 6.61 Å². The fourth-order valence-electron chi connectivity index (χ4n) is 2.18. The quantitative estimate of drug-likeness (QED) is 0.434. The highest BCUT2D eigenvalue weighted by Gasteiger charge is 2.25. The molecule has 0 aliphatic carbocycles. The van der Waals surface area contributed by atoms with Gasteiger partial charge < -0.3 is 20.3 Å². The minimum Gasteiger partial charge on any atom is -0.484 e. The van der Waals surface area contributed by atoms with Crippen molar-refractivity contribution in [2.24, 2.45) is 0 Å². The van der Waals surface area contributed by atoms with Gasteiger partial charge in [-0.1, -0.05) is 12.1 Å². The average Bonchev–Trinajstić information content (AvgIpc) is 2.93. The van der Waals surface area contributed by atoms with Gasteiger partial charge in [0, 0.05) is 6.42 Å². The Morgan fingerprint density at radius 3 is 2.61 bits per heavy atom. The first-order valence-electron chi connectivity index (χ1n) is 7.96. The number of hydrogen-bond acceptors (Lipinski definition) is 7. The largest absolute Gasteiger partial charge is 0.484 e. The van der Waals surface area contributed by atoms with Crippen molar-refractivity contribution in [3.05, 3.63) is 34.7 Å². The van der Waals surface area contributed by atoms with Gasteiger partial charge >= 0.3 is 11.9 Å². The second-order valence-electron chi connectivity index (χ2n) is 5.60. The van der Waals surface area contributed by atoms with Gasteiger partial charge in [-0.05, 0) is 42.0 Å². The number of carboxylic acids is 2. The highest BCUT2D eigenvalue weighted by Crippen LogP contribution is 2.26. The Hall–Kier alpha value is -3.34. The van der Waals surface area contributed by atoms with E-state index in [0.717, 1.165) is 11.8 Å². The van der Waals surface area contributed by atoms with E-state index in [9.17, 15) is 24.0 Å². The molecule has 148 valence electrons.